The van der Waals surface area contributed by atoms with E-state index in [1.807, 2.05) is 0 Å². The van der Waals surface area contributed by atoms with E-state index in [2.05, 4.69) is 5.32 Å². The largest absolute Gasteiger partial charge is 0.492 e. The minimum Gasteiger partial charge on any atom is -0.492 e. The minimum absolute atomic E-state index is 0.161. The molecule has 0 radical (unpaired) electrons. The fourth-order valence-electron chi connectivity index (χ4n) is 3.51. The third kappa shape index (κ3) is 6.24. The van der Waals surface area contributed by atoms with E-state index < -0.39 is 26.0 Å². The fraction of sp³-hybridized carbons (Fsp3) is 0.409. The van der Waals surface area contributed by atoms with Crippen molar-refractivity contribution in [1.82, 2.24) is 9.62 Å². The van der Waals surface area contributed by atoms with Crippen molar-refractivity contribution in [3.05, 3.63) is 54.1 Å². The molecule has 1 fully saturated rings. The molecule has 0 saturated carbocycles. The number of piperidine rings is 1. The first kappa shape index (κ1) is 25.0. The summed E-state index contributed by atoms with van der Waals surface area (Å²) >= 11 is 0. The molecule has 1 heterocycles. The summed E-state index contributed by atoms with van der Waals surface area (Å²) in [6, 6.07) is 12.7. The summed E-state index contributed by atoms with van der Waals surface area (Å²) in [5.74, 6) is 0.0618. The second-order valence-corrected chi connectivity index (χ2v) is 11.7. The number of benzene rings is 2. The van der Waals surface area contributed by atoms with Gasteiger partial charge in [0.25, 0.3) is 5.91 Å². The normalized spacial score (nSPS) is 15.1. The van der Waals surface area contributed by atoms with Crippen LogP contribution in [0, 0.1) is 0 Å². The lowest BCUT2D eigenvalue weighted by Gasteiger charge is -2.25. The lowest BCUT2D eigenvalue weighted by atomic mass is 10.1. The molecule has 1 aliphatic heterocycles. The lowest BCUT2D eigenvalue weighted by molar-refractivity contribution is 0.0947. The number of carbonyl (C=O) groups is 1. The number of nitrogens with one attached hydrogen (secondary N) is 1. The van der Waals surface area contributed by atoms with Gasteiger partial charge in [0.2, 0.25) is 20.0 Å². The molecular weight excluding hydrogens is 466 g/mol. The van der Waals surface area contributed by atoms with Gasteiger partial charge in [-0.25, -0.2) is 16.8 Å². The zero-order chi connectivity index (χ0) is 24.1. The topological polar surface area (TPSA) is 113 Å². The van der Waals surface area contributed by atoms with Gasteiger partial charge in [0.05, 0.1) is 28.9 Å². The minimum atomic E-state index is -3.51. The lowest BCUT2D eigenvalue weighted by Crippen LogP contribution is -2.35. The molecule has 1 saturated heterocycles. The van der Waals surface area contributed by atoms with Crippen LogP contribution >= 0.6 is 0 Å². The third-order valence-corrected chi connectivity index (χ3v) is 8.52. The molecule has 0 aliphatic carbocycles. The monoisotopic (exact) mass is 495 g/mol. The summed E-state index contributed by atoms with van der Waals surface area (Å²) in [4.78, 5) is 12.8. The number of para-hydroxylation sites is 1. The van der Waals surface area contributed by atoms with Crippen LogP contribution in [0.5, 0.6) is 5.75 Å². The number of amides is 1. The Morgan fingerprint density at radius 2 is 1.64 bits per heavy atom. The van der Waals surface area contributed by atoms with Gasteiger partial charge in [-0.05, 0) is 49.2 Å². The summed E-state index contributed by atoms with van der Waals surface area (Å²) in [5.41, 5.74) is 0.515. The first-order chi connectivity index (χ1) is 15.6. The van der Waals surface area contributed by atoms with E-state index in [9.17, 15) is 21.6 Å². The highest BCUT2D eigenvalue weighted by atomic mass is 32.2. The van der Waals surface area contributed by atoms with E-state index in [1.54, 1.807) is 36.4 Å². The van der Waals surface area contributed by atoms with Crippen LogP contribution in [0.1, 0.15) is 29.6 Å². The van der Waals surface area contributed by atoms with E-state index in [0.717, 1.165) is 29.8 Å². The van der Waals surface area contributed by atoms with Crippen LogP contribution in [0.3, 0.4) is 0 Å². The number of hydrogen-bond donors (Lipinski definition) is 1. The molecule has 0 spiro atoms. The number of nitrogens with zero attached hydrogens (tertiary/aromatic N) is 2. The second kappa shape index (κ2) is 10.5. The Balaban J connectivity index is 1.54. The molecule has 3 rings (SSSR count). The standard InChI is InChI=1S/C22H29N3O6S2/c1-24(32(2,27)28)21-9-5-4-8-20(21)22(26)23-14-17-31-18-10-12-19(13-11-18)33(29,30)25-15-6-3-7-16-25/h4-5,8-13H,3,6-7,14-17H2,1-2H3,(H,23,26). The van der Waals surface area contributed by atoms with Gasteiger partial charge in [-0.15, -0.1) is 0 Å². The van der Waals surface area contributed by atoms with Crippen molar-refractivity contribution < 1.29 is 26.4 Å². The Bertz CT molecular complexity index is 1170. The number of rotatable bonds is 9. The summed E-state index contributed by atoms with van der Waals surface area (Å²) in [5, 5.41) is 2.71. The molecule has 11 heteroatoms. The van der Waals surface area contributed by atoms with E-state index in [0.29, 0.717) is 18.8 Å². The van der Waals surface area contributed by atoms with Gasteiger partial charge in [0.15, 0.2) is 0 Å². The highest BCUT2D eigenvalue weighted by molar-refractivity contribution is 7.92. The Hall–Kier alpha value is -2.63. The molecule has 0 aromatic heterocycles. The average Bonchev–Trinajstić information content (AvgIpc) is 2.81. The van der Waals surface area contributed by atoms with Crippen LogP contribution in [-0.2, 0) is 20.0 Å². The van der Waals surface area contributed by atoms with Gasteiger partial charge in [0.1, 0.15) is 12.4 Å². The predicted octanol–water partition coefficient (Wildman–Crippen LogP) is 2.07. The van der Waals surface area contributed by atoms with E-state index in [4.69, 9.17) is 4.74 Å². The van der Waals surface area contributed by atoms with Gasteiger partial charge in [-0.2, -0.15) is 4.31 Å². The molecule has 33 heavy (non-hydrogen) atoms. The Kier molecular flexibility index (Phi) is 7.98. The summed E-state index contributed by atoms with van der Waals surface area (Å²) < 4.78 is 57.2. The van der Waals surface area contributed by atoms with E-state index in [1.165, 1.54) is 23.5 Å². The van der Waals surface area contributed by atoms with Crippen molar-refractivity contribution in [3.63, 3.8) is 0 Å². The predicted molar refractivity (Wildman–Crippen MR) is 127 cm³/mol. The fourth-order valence-corrected chi connectivity index (χ4v) is 5.54. The highest BCUT2D eigenvalue weighted by Gasteiger charge is 2.25. The Labute approximate surface area is 195 Å². The Morgan fingerprint density at radius 3 is 2.27 bits per heavy atom. The van der Waals surface area contributed by atoms with Crippen LogP contribution in [-0.4, -0.2) is 66.6 Å². The van der Waals surface area contributed by atoms with Gasteiger partial charge in [0, 0.05) is 20.1 Å². The van der Waals surface area contributed by atoms with Gasteiger partial charge in [-0.1, -0.05) is 18.6 Å². The highest BCUT2D eigenvalue weighted by Crippen LogP contribution is 2.23. The molecule has 1 aliphatic rings. The molecule has 0 unspecified atom stereocenters. The molecule has 1 amide bonds. The average molecular weight is 496 g/mol. The maximum Gasteiger partial charge on any atom is 0.253 e. The van der Waals surface area contributed by atoms with Crippen molar-refractivity contribution in [1.29, 1.82) is 0 Å². The number of anilines is 1. The maximum atomic E-state index is 12.7. The molecule has 1 N–H and O–H groups in total. The number of carbonyl (C=O) groups excluding carboxylic acids is 1. The number of hydrogen-bond acceptors (Lipinski definition) is 6. The summed E-state index contributed by atoms with van der Waals surface area (Å²) in [7, 11) is -5.62. The summed E-state index contributed by atoms with van der Waals surface area (Å²) in [6.07, 6.45) is 3.87. The van der Waals surface area contributed by atoms with Gasteiger partial charge >= 0.3 is 0 Å². The zero-order valence-corrected chi connectivity index (χ0v) is 20.4. The van der Waals surface area contributed by atoms with Crippen LogP contribution in [0.4, 0.5) is 5.69 Å². The van der Waals surface area contributed by atoms with Crippen LogP contribution in [0.25, 0.3) is 0 Å². The number of ether oxygens (including phenoxy) is 1. The van der Waals surface area contributed by atoms with Gasteiger partial charge < -0.3 is 10.1 Å². The summed E-state index contributed by atoms with van der Waals surface area (Å²) in [6.45, 7) is 1.43. The van der Waals surface area contributed by atoms with Crippen molar-refractivity contribution in [2.24, 2.45) is 0 Å². The molecule has 2 aromatic rings. The van der Waals surface area contributed by atoms with Crippen molar-refractivity contribution in [3.8, 4) is 5.75 Å². The van der Waals surface area contributed by atoms with Crippen LogP contribution in [0.2, 0.25) is 0 Å². The maximum absolute atomic E-state index is 12.7. The first-order valence-corrected chi connectivity index (χ1v) is 13.9. The van der Waals surface area contributed by atoms with Crippen LogP contribution < -0.4 is 14.4 Å². The third-order valence-electron chi connectivity index (χ3n) is 5.42. The molecule has 180 valence electrons. The Morgan fingerprint density at radius 1 is 1.00 bits per heavy atom. The first-order valence-electron chi connectivity index (χ1n) is 10.6. The van der Waals surface area contributed by atoms with Crippen molar-refractivity contribution in [2.45, 2.75) is 24.2 Å². The van der Waals surface area contributed by atoms with Crippen molar-refractivity contribution >= 4 is 31.6 Å². The smallest absolute Gasteiger partial charge is 0.253 e. The molecule has 2 aromatic carbocycles. The van der Waals surface area contributed by atoms with Gasteiger partial charge in [-0.3, -0.25) is 9.10 Å². The molecular formula is C22H29N3O6S2. The number of sulfonamides is 2. The SMILES string of the molecule is CN(c1ccccc1C(=O)NCCOc1ccc(S(=O)(=O)N2CCCCC2)cc1)S(C)(=O)=O. The van der Waals surface area contributed by atoms with Crippen molar-refractivity contribution in [2.75, 3.05) is 43.8 Å². The second-order valence-electron chi connectivity index (χ2n) is 7.79. The molecule has 0 atom stereocenters. The quantitative estimate of drug-likeness (QED) is 0.533. The molecule has 9 nitrogen and oxygen atoms in total. The zero-order valence-electron chi connectivity index (χ0n) is 18.7. The van der Waals surface area contributed by atoms with E-state index in [-0.39, 0.29) is 29.3 Å². The van der Waals surface area contributed by atoms with E-state index >= 15 is 0 Å². The molecule has 0 bridgehead atoms. The van der Waals surface area contributed by atoms with Crippen LogP contribution in [0.15, 0.2) is 53.4 Å².